The molecule has 1 saturated heterocycles. The van der Waals surface area contributed by atoms with Crippen molar-refractivity contribution in [3.63, 3.8) is 0 Å². The van der Waals surface area contributed by atoms with Gasteiger partial charge in [0.25, 0.3) is 0 Å². The molecule has 0 atom stereocenters. The number of nitrogens with zero attached hydrogens (tertiary/aromatic N) is 2. The number of benzene rings is 1. The van der Waals surface area contributed by atoms with Crippen molar-refractivity contribution in [3.8, 4) is 0 Å². The molecule has 0 radical (unpaired) electrons. The number of nitrogens with one attached hydrogen (secondary N) is 1. The highest BCUT2D eigenvalue weighted by molar-refractivity contribution is 7.80. The first-order valence-corrected chi connectivity index (χ1v) is 7.27. The third kappa shape index (κ3) is 3.28. The number of piperazine rings is 1. The molecule has 0 unspecified atom stereocenters. The summed E-state index contributed by atoms with van der Waals surface area (Å²) in [5.74, 6) is 0.137. The van der Waals surface area contributed by atoms with E-state index in [-0.39, 0.29) is 5.91 Å². The zero-order chi connectivity index (χ0) is 14.7. The highest BCUT2D eigenvalue weighted by atomic mass is 32.1. The van der Waals surface area contributed by atoms with E-state index in [2.05, 4.69) is 36.2 Å². The maximum atomic E-state index is 11.3. The number of para-hydroxylation sites is 1. The smallest absolute Gasteiger partial charge is 0.219 e. The average Bonchev–Trinajstić information content (AvgIpc) is 2.43. The molecule has 1 heterocycles. The van der Waals surface area contributed by atoms with Gasteiger partial charge in [-0.1, -0.05) is 18.2 Å². The number of rotatable bonds is 1. The Morgan fingerprint density at radius 2 is 1.60 bits per heavy atom. The second kappa shape index (κ2) is 6.22. The van der Waals surface area contributed by atoms with Crippen molar-refractivity contribution < 1.29 is 4.79 Å². The van der Waals surface area contributed by atoms with Crippen molar-refractivity contribution >= 4 is 28.9 Å². The van der Waals surface area contributed by atoms with E-state index in [0.29, 0.717) is 0 Å². The van der Waals surface area contributed by atoms with Crippen molar-refractivity contribution in [1.82, 2.24) is 9.80 Å². The minimum atomic E-state index is 0.137. The van der Waals surface area contributed by atoms with Gasteiger partial charge >= 0.3 is 0 Å². The van der Waals surface area contributed by atoms with Crippen LogP contribution in [0.1, 0.15) is 18.1 Å². The van der Waals surface area contributed by atoms with E-state index < -0.39 is 0 Å². The Bertz CT molecular complexity index is 502. The Balaban J connectivity index is 1.98. The van der Waals surface area contributed by atoms with E-state index in [1.165, 1.54) is 11.1 Å². The molecule has 1 amide bonds. The first kappa shape index (κ1) is 14.8. The molecule has 1 aliphatic rings. The maximum absolute atomic E-state index is 11.3. The quantitative estimate of drug-likeness (QED) is 0.804. The predicted molar refractivity (Wildman–Crippen MR) is 86.0 cm³/mol. The lowest BCUT2D eigenvalue weighted by Crippen LogP contribution is -2.51. The van der Waals surface area contributed by atoms with Gasteiger partial charge in [0.15, 0.2) is 5.11 Å². The number of aryl methyl sites for hydroxylation is 2. The zero-order valence-corrected chi connectivity index (χ0v) is 13.1. The summed E-state index contributed by atoms with van der Waals surface area (Å²) in [6, 6.07) is 6.20. The highest BCUT2D eigenvalue weighted by Crippen LogP contribution is 2.20. The summed E-state index contributed by atoms with van der Waals surface area (Å²) in [5.41, 5.74) is 3.47. The monoisotopic (exact) mass is 291 g/mol. The second-order valence-electron chi connectivity index (χ2n) is 5.19. The minimum absolute atomic E-state index is 0.137. The van der Waals surface area contributed by atoms with Crippen molar-refractivity contribution in [1.29, 1.82) is 0 Å². The van der Waals surface area contributed by atoms with Crippen LogP contribution in [-0.4, -0.2) is 47.0 Å². The van der Waals surface area contributed by atoms with Gasteiger partial charge in [0.1, 0.15) is 0 Å². The SMILES string of the molecule is CC(=O)N1CCN(C(=S)Nc2c(C)cccc2C)CC1. The van der Waals surface area contributed by atoms with Gasteiger partial charge in [0.05, 0.1) is 0 Å². The molecule has 0 spiro atoms. The number of hydrogen-bond donors (Lipinski definition) is 1. The van der Waals surface area contributed by atoms with E-state index >= 15 is 0 Å². The van der Waals surface area contributed by atoms with Crippen LogP contribution in [0.15, 0.2) is 18.2 Å². The maximum Gasteiger partial charge on any atom is 0.219 e. The van der Waals surface area contributed by atoms with Gasteiger partial charge in [-0.05, 0) is 37.2 Å². The molecule has 1 aliphatic heterocycles. The third-order valence-electron chi connectivity index (χ3n) is 3.73. The zero-order valence-electron chi connectivity index (χ0n) is 12.3. The number of hydrogen-bond acceptors (Lipinski definition) is 2. The van der Waals surface area contributed by atoms with Gasteiger partial charge in [-0.3, -0.25) is 4.79 Å². The van der Waals surface area contributed by atoms with Crippen molar-refractivity contribution in [3.05, 3.63) is 29.3 Å². The lowest BCUT2D eigenvalue weighted by Gasteiger charge is -2.36. The van der Waals surface area contributed by atoms with E-state index in [9.17, 15) is 4.79 Å². The standard InChI is InChI=1S/C15H21N3OS/c1-11-5-4-6-12(2)14(11)16-15(20)18-9-7-17(8-10-18)13(3)19/h4-6H,7-10H2,1-3H3,(H,16,20). The largest absolute Gasteiger partial charge is 0.345 e. The molecular weight excluding hydrogens is 270 g/mol. The van der Waals surface area contributed by atoms with E-state index in [1.807, 2.05) is 11.0 Å². The number of anilines is 1. The van der Waals surface area contributed by atoms with Gasteiger partial charge in [-0.15, -0.1) is 0 Å². The molecule has 0 aliphatic carbocycles. The lowest BCUT2D eigenvalue weighted by atomic mass is 10.1. The fourth-order valence-electron chi connectivity index (χ4n) is 2.42. The van der Waals surface area contributed by atoms with Crippen LogP contribution in [-0.2, 0) is 4.79 Å². The highest BCUT2D eigenvalue weighted by Gasteiger charge is 2.20. The first-order chi connectivity index (χ1) is 9.49. The molecule has 0 saturated carbocycles. The summed E-state index contributed by atoms with van der Waals surface area (Å²) < 4.78 is 0. The molecule has 5 heteroatoms. The minimum Gasteiger partial charge on any atom is -0.345 e. The molecule has 1 aromatic rings. The van der Waals surface area contributed by atoms with E-state index in [1.54, 1.807) is 6.92 Å². The molecule has 0 aromatic heterocycles. The second-order valence-corrected chi connectivity index (χ2v) is 5.58. The number of amides is 1. The van der Waals surface area contributed by atoms with Crippen LogP contribution in [0.25, 0.3) is 0 Å². The Morgan fingerprint density at radius 3 is 2.10 bits per heavy atom. The Kier molecular flexibility index (Phi) is 4.60. The Morgan fingerprint density at radius 1 is 1.10 bits per heavy atom. The summed E-state index contributed by atoms with van der Waals surface area (Å²) in [4.78, 5) is 15.3. The molecule has 20 heavy (non-hydrogen) atoms. The van der Waals surface area contributed by atoms with Crippen molar-refractivity contribution in [2.75, 3.05) is 31.5 Å². The normalized spacial score (nSPS) is 15.2. The van der Waals surface area contributed by atoms with Crippen LogP contribution in [0.3, 0.4) is 0 Å². The molecule has 0 bridgehead atoms. The van der Waals surface area contributed by atoms with Gasteiger partial charge in [0.2, 0.25) is 5.91 Å². The molecular formula is C15H21N3OS. The topological polar surface area (TPSA) is 35.6 Å². The van der Waals surface area contributed by atoms with Gasteiger partial charge in [0, 0.05) is 38.8 Å². The first-order valence-electron chi connectivity index (χ1n) is 6.86. The van der Waals surface area contributed by atoms with Gasteiger partial charge < -0.3 is 15.1 Å². The summed E-state index contributed by atoms with van der Waals surface area (Å²) in [7, 11) is 0. The predicted octanol–water partition coefficient (Wildman–Crippen LogP) is 2.16. The van der Waals surface area contributed by atoms with Crippen molar-refractivity contribution in [2.24, 2.45) is 0 Å². The van der Waals surface area contributed by atoms with E-state index in [4.69, 9.17) is 12.2 Å². The van der Waals surface area contributed by atoms with Gasteiger partial charge in [-0.25, -0.2) is 0 Å². The number of thiocarbonyl (C=S) groups is 1. The van der Waals surface area contributed by atoms with Crippen LogP contribution >= 0.6 is 12.2 Å². The number of carbonyl (C=O) groups excluding carboxylic acids is 1. The van der Waals surface area contributed by atoms with Crippen LogP contribution in [0.2, 0.25) is 0 Å². The molecule has 2 rings (SSSR count). The van der Waals surface area contributed by atoms with Crippen LogP contribution < -0.4 is 5.32 Å². The fraction of sp³-hybridized carbons (Fsp3) is 0.467. The Hall–Kier alpha value is -1.62. The van der Waals surface area contributed by atoms with Crippen molar-refractivity contribution in [2.45, 2.75) is 20.8 Å². The van der Waals surface area contributed by atoms with Gasteiger partial charge in [-0.2, -0.15) is 0 Å². The van der Waals surface area contributed by atoms with Crippen LogP contribution in [0.4, 0.5) is 5.69 Å². The molecule has 1 aromatic carbocycles. The summed E-state index contributed by atoms with van der Waals surface area (Å²) in [5, 5.41) is 4.09. The fourth-order valence-corrected chi connectivity index (χ4v) is 2.71. The lowest BCUT2D eigenvalue weighted by molar-refractivity contribution is -0.130. The van der Waals surface area contributed by atoms with Crippen LogP contribution in [0.5, 0.6) is 0 Å². The summed E-state index contributed by atoms with van der Waals surface area (Å²) >= 11 is 5.49. The third-order valence-corrected chi connectivity index (χ3v) is 4.09. The molecule has 1 fully saturated rings. The number of carbonyl (C=O) groups is 1. The molecule has 1 N–H and O–H groups in total. The Labute approximate surface area is 125 Å². The average molecular weight is 291 g/mol. The van der Waals surface area contributed by atoms with E-state index in [0.717, 1.165) is 37.0 Å². The summed E-state index contributed by atoms with van der Waals surface area (Å²) in [6.07, 6.45) is 0. The van der Waals surface area contributed by atoms with Crippen LogP contribution in [0, 0.1) is 13.8 Å². The summed E-state index contributed by atoms with van der Waals surface area (Å²) in [6.45, 7) is 8.82. The molecule has 108 valence electrons. The molecule has 4 nitrogen and oxygen atoms in total.